The Hall–Kier alpha value is -6.96. The zero-order valence-electron chi connectivity index (χ0n) is 29.0. The van der Waals surface area contributed by atoms with Crippen LogP contribution in [0.5, 0.6) is 0 Å². The molecular formula is C52H33N. The van der Waals surface area contributed by atoms with Crippen LogP contribution < -0.4 is 0 Å². The van der Waals surface area contributed by atoms with Crippen molar-refractivity contribution in [2.75, 3.05) is 0 Å². The summed E-state index contributed by atoms with van der Waals surface area (Å²) in [5, 5.41) is 12.5. The number of benzene rings is 10. The third-order valence-electron chi connectivity index (χ3n) is 11.2. The van der Waals surface area contributed by atoms with Crippen molar-refractivity contribution in [2.45, 2.75) is 0 Å². The van der Waals surface area contributed by atoms with Gasteiger partial charge in [-0.3, -0.25) is 0 Å². The van der Waals surface area contributed by atoms with Crippen LogP contribution in [0.3, 0.4) is 0 Å². The molecular weight excluding hydrogens is 639 g/mol. The molecule has 246 valence electrons. The molecule has 0 saturated carbocycles. The average molecular weight is 672 g/mol. The van der Waals surface area contributed by atoms with Crippen LogP contribution in [0.2, 0.25) is 0 Å². The summed E-state index contributed by atoms with van der Waals surface area (Å²) in [5.74, 6) is 0. The summed E-state index contributed by atoms with van der Waals surface area (Å²) in [6.45, 7) is 0. The van der Waals surface area contributed by atoms with Crippen LogP contribution in [-0.2, 0) is 0 Å². The van der Waals surface area contributed by atoms with E-state index in [1.54, 1.807) is 0 Å². The minimum absolute atomic E-state index is 1.16. The maximum Gasteiger partial charge on any atom is 0.0619 e. The van der Waals surface area contributed by atoms with Gasteiger partial charge in [0.15, 0.2) is 0 Å². The molecule has 11 aromatic rings. The summed E-state index contributed by atoms with van der Waals surface area (Å²) in [7, 11) is 0. The van der Waals surface area contributed by atoms with Gasteiger partial charge in [0.05, 0.1) is 11.0 Å². The minimum atomic E-state index is 1.16. The van der Waals surface area contributed by atoms with Gasteiger partial charge in [-0.1, -0.05) is 176 Å². The average Bonchev–Trinajstić information content (AvgIpc) is 3.57. The number of fused-ring (bicyclic) bond motifs is 7. The number of aromatic nitrogens is 1. The van der Waals surface area contributed by atoms with Gasteiger partial charge in [-0.05, 0) is 95.2 Å². The highest BCUT2D eigenvalue weighted by molar-refractivity contribution is 6.24. The molecule has 0 radical (unpaired) electrons. The highest BCUT2D eigenvalue weighted by Crippen LogP contribution is 2.47. The fourth-order valence-corrected chi connectivity index (χ4v) is 8.91. The quantitative estimate of drug-likeness (QED) is 0.164. The van der Waals surface area contributed by atoms with E-state index in [1.165, 1.54) is 98.3 Å². The Morgan fingerprint density at radius 3 is 1.28 bits per heavy atom. The number of hydrogen-bond acceptors (Lipinski definition) is 0. The topological polar surface area (TPSA) is 4.93 Å². The van der Waals surface area contributed by atoms with Crippen molar-refractivity contribution in [1.82, 2.24) is 4.57 Å². The van der Waals surface area contributed by atoms with Gasteiger partial charge in [0.25, 0.3) is 0 Å². The molecule has 0 fully saturated rings. The fourth-order valence-electron chi connectivity index (χ4n) is 8.91. The predicted octanol–water partition coefficient (Wildman–Crippen LogP) is 14.4. The number of hydrogen-bond donors (Lipinski definition) is 0. The second-order valence-corrected chi connectivity index (χ2v) is 14.0. The van der Waals surface area contributed by atoms with E-state index in [0.717, 1.165) is 5.69 Å². The third kappa shape index (κ3) is 4.51. The summed E-state index contributed by atoms with van der Waals surface area (Å²) in [4.78, 5) is 0. The van der Waals surface area contributed by atoms with Crippen molar-refractivity contribution in [3.05, 3.63) is 200 Å². The highest BCUT2D eigenvalue weighted by atomic mass is 15.0. The Labute approximate surface area is 307 Å². The SMILES string of the molecule is c1ccc(-n2c3ccccc3c3cccc(-c4c5cccc(-c6cccc7ccccc67)c5cc5c(-c6cccc7ccccc67)cccc45)c32)cc1. The van der Waals surface area contributed by atoms with Gasteiger partial charge in [0.1, 0.15) is 0 Å². The number of rotatable bonds is 4. The highest BCUT2D eigenvalue weighted by Gasteiger charge is 2.22. The maximum atomic E-state index is 2.47. The molecule has 0 N–H and O–H groups in total. The van der Waals surface area contributed by atoms with Crippen molar-refractivity contribution in [1.29, 1.82) is 0 Å². The standard InChI is InChI=1S/C52H33N/c1-2-19-36(20-3-1)53-50-32-9-8-23-43(50)46-30-14-31-47(52(46)53)51-44-28-12-26-41(39-24-10-17-34-15-4-6-21-37(34)39)48(44)33-49-42(27-13-29-45(49)51)40-25-11-18-35-16-5-7-22-38(35)40/h1-33H. The van der Waals surface area contributed by atoms with Crippen molar-refractivity contribution < 1.29 is 0 Å². The first-order valence-corrected chi connectivity index (χ1v) is 18.4. The smallest absolute Gasteiger partial charge is 0.0619 e. The van der Waals surface area contributed by atoms with Gasteiger partial charge >= 0.3 is 0 Å². The van der Waals surface area contributed by atoms with Crippen molar-refractivity contribution in [3.63, 3.8) is 0 Å². The van der Waals surface area contributed by atoms with E-state index in [2.05, 4.69) is 205 Å². The Bertz CT molecular complexity index is 3070. The Morgan fingerprint density at radius 2 is 0.679 bits per heavy atom. The summed E-state index contributed by atoms with van der Waals surface area (Å²) in [5.41, 5.74) is 11.0. The minimum Gasteiger partial charge on any atom is -0.309 e. The van der Waals surface area contributed by atoms with Crippen LogP contribution in [-0.4, -0.2) is 4.57 Å². The van der Waals surface area contributed by atoms with E-state index in [9.17, 15) is 0 Å². The maximum absolute atomic E-state index is 2.47. The van der Waals surface area contributed by atoms with Gasteiger partial charge in [0.2, 0.25) is 0 Å². The van der Waals surface area contributed by atoms with Crippen LogP contribution in [0.4, 0.5) is 0 Å². The molecule has 0 aliphatic heterocycles. The van der Waals surface area contributed by atoms with Crippen molar-refractivity contribution in [2.24, 2.45) is 0 Å². The molecule has 53 heavy (non-hydrogen) atoms. The Balaban J connectivity index is 1.34. The molecule has 0 aliphatic carbocycles. The molecule has 0 spiro atoms. The molecule has 1 heteroatoms. The van der Waals surface area contributed by atoms with E-state index in [4.69, 9.17) is 0 Å². The molecule has 0 saturated heterocycles. The van der Waals surface area contributed by atoms with Gasteiger partial charge in [-0.15, -0.1) is 0 Å². The molecule has 0 amide bonds. The van der Waals surface area contributed by atoms with Gasteiger partial charge < -0.3 is 4.57 Å². The molecule has 1 aromatic heterocycles. The normalized spacial score (nSPS) is 11.8. The summed E-state index contributed by atoms with van der Waals surface area (Å²) < 4.78 is 2.47. The first-order chi connectivity index (χ1) is 26.3. The van der Waals surface area contributed by atoms with Crippen LogP contribution in [0.25, 0.3) is 104 Å². The zero-order valence-corrected chi connectivity index (χ0v) is 29.0. The number of nitrogens with zero attached hydrogens (tertiary/aromatic N) is 1. The second kappa shape index (κ2) is 11.8. The van der Waals surface area contributed by atoms with Gasteiger partial charge in [-0.2, -0.15) is 0 Å². The van der Waals surface area contributed by atoms with E-state index in [0.29, 0.717) is 0 Å². The van der Waals surface area contributed by atoms with Crippen LogP contribution in [0, 0.1) is 0 Å². The third-order valence-corrected chi connectivity index (χ3v) is 11.2. The molecule has 0 aliphatic rings. The monoisotopic (exact) mass is 671 g/mol. The fraction of sp³-hybridized carbons (Fsp3) is 0. The van der Waals surface area contributed by atoms with Crippen LogP contribution >= 0.6 is 0 Å². The molecule has 0 atom stereocenters. The summed E-state index contributed by atoms with van der Waals surface area (Å²) >= 11 is 0. The first-order valence-electron chi connectivity index (χ1n) is 18.4. The van der Waals surface area contributed by atoms with Crippen LogP contribution in [0.1, 0.15) is 0 Å². The van der Waals surface area contributed by atoms with E-state index < -0.39 is 0 Å². The summed E-state index contributed by atoms with van der Waals surface area (Å²) in [6, 6.07) is 73.6. The van der Waals surface area contributed by atoms with Crippen LogP contribution in [0.15, 0.2) is 200 Å². The largest absolute Gasteiger partial charge is 0.309 e. The van der Waals surface area contributed by atoms with Gasteiger partial charge in [0, 0.05) is 22.0 Å². The number of para-hydroxylation sites is 3. The molecule has 1 heterocycles. The zero-order chi connectivity index (χ0) is 34.9. The van der Waals surface area contributed by atoms with Crippen molar-refractivity contribution in [3.8, 4) is 39.1 Å². The second-order valence-electron chi connectivity index (χ2n) is 14.0. The lowest BCUT2D eigenvalue weighted by molar-refractivity contribution is 1.18. The van der Waals surface area contributed by atoms with E-state index in [1.807, 2.05) is 0 Å². The molecule has 1 nitrogen and oxygen atoms in total. The molecule has 0 bridgehead atoms. The molecule has 11 rings (SSSR count). The predicted molar refractivity (Wildman–Crippen MR) is 227 cm³/mol. The summed E-state index contributed by atoms with van der Waals surface area (Å²) in [6.07, 6.45) is 0. The van der Waals surface area contributed by atoms with Crippen molar-refractivity contribution >= 4 is 64.9 Å². The Morgan fingerprint density at radius 1 is 0.264 bits per heavy atom. The Kier molecular flexibility index (Phi) is 6.62. The lowest BCUT2D eigenvalue weighted by atomic mass is 9.84. The molecule has 10 aromatic carbocycles. The molecule has 0 unspecified atom stereocenters. The van der Waals surface area contributed by atoms with Gasteiger partial charge in [-0.25, -0.2) is 0 Å². The first kappa shape index (κ1) is 29.7. The van der Waals surface area contributed by atoms with E-state index in [-0.39, 0.29) is 0 Å². The lowest BCUT2D eigenvalue weighted by Gasteiger charge is -2.20. The van der Waals surface area contributed by atoms with E-state index >= 15 is 0 Å². The lowest BCUT2D eigenvalue weighted by Crippen LogP contribution is -1.96.